The monoisotopic (exact) mass is 746 g/mol. The minimum absolute atomic E-state index is 0.738. The highest BCUT2D eigenvalue weighted by atomic mass is 31.1. The Morgan fingerprint density at radius 2 is 0.807 bits per heavy atom. The molecule has 2 nitrogen and oxygen atoms in total. The van der Waals surface area contributed by atoms with Crippen LogP contribution in [0.1, 0.15) is 22.4 Å². The number of pyridine rings is 1. The molecule has 0 N–H and O–H groups in total. The Morgan fingerprint density at radius 3 is 1.35 bits per heavy atom. The van der Waals surface area contributed by atoms with Gasteiger partial charge in [-0.15, -0.1) is 0 Å². The zero-order valence-corrected chi connectivity index (χ0v) is 32.3. The molecule has 1 aromatic heterocycles. The van der Waals surface area contributed by atoms with Crippen molar-refractivity contribution in [3.8, 4) is 22.4 Å². The second-order valence-corrected chi connectivity index (χ2v) is 16.5. The molecule has 9 aromatic rings. The van der Waals surface area contributed by atoms with Crippen LogP contribution in [0.15, 0.2) is 237 Å². The van der Waals surface area contributed by atoms with E-state index in [2.05, 4.69) is 241 Å². The van der Waals surface area contributed by atoms with Crippen LogP contribution in [0.5, 0.6) is 0 Å². The molecule has 3 heteroatoms. The molecular formula is C54H39N2P. The molecule has 270 valence electrons. The molecule has 0 unspecified atom stereocenters. The predicted molar refractivity (Wildman–Crippen MR) is 240 cm³/mol. The van der Waals surface area contributed by atoms with Crippen LogP contribution in [0.4, 0.5) is 17.1 Å². The van der Waals surface area contributed by atoms with Gasteiger partial charge in [-0.25, -0.2) is 0 Å². The number of hydrogen-bond donors (Lipinski definition) is 0. The summed E-state index contributed by atoms with van der Waals surface area (Å²) in [5.41, 5.74) is 11.6. The van der Waals surface area contributed by atoms with E-state index in [0.717, 1.165) is 45.1 Å². The molecule has 0 spiro atoms. The summed E-state index contributed by atoms with van der Waals surface area (Å²) in [6, 6.07) is 85.8. The van der Waals surface area contributed by atoms with Crippen LogP contribution < -0.4 is 20.8 Å². The fourth-order valence-electron chi connectivity index (χ4n) is 8.57. The summed E-state index contributed by atoms with van der Waals surface area (Å²) in [5, 5.41) is 4.04. The lowest BCUT2D eigenvalue weighted by molar-refractivity contribution is 0.722. The van der Waals surface area contributed by atoms with Crippen LogP contribution in [0, 0.1) is 0 Å². The maximum atomic E-state index is 5.75. The average Bonchev–Trinajstić information content (AvgIpc) is 3.30. The minimum atomic E-state index is -0.854. The van der Waals surface area contributed by atoms with E-state index in [4.69, 9.17) is 4.98 Å². The second kappa shape index (κ2) is 15.0. The van der Waals surface area contributed by atoms with E-state index in [1.165, 1.54) is 32.6 Å². The number of hydrogen-bond acceptors (Lipinski definition) is 2. The lowest BCUT2D eigenvalue weighted by Crippen LogP contribution is -2.45. The van der Waals surface area contributed by atoms with Gasteiger partial charge < -0.3 is 4.90 Å². The molecule has 0 bridgehead atoms. The van der Waals surface area contributed by atoms with E-state index in [0.29, 0.717) is 0 Å². The molecule has 2 heterocycles. The third-order valence-electron chi connectivity index (χ3n) is 11.1. The summed E-state index contributed by atoms with van der Waals surface area (Å²) < 4.78 is 0. The Balaban J connectivity index is 1.28. The Bertz CT molecular complexity index is 2630. The highest BCUT2D eigenvalue weighted by Gasteiger charge is 2.48. The number of fused-ring (bicyclic) bond motifs is 2. The van der Waals surface area contributed by atoms with E-state index >= 15 is 0 Å². The topological polar surface area (TPSA) is 16.1 Å². The van der Waals surface area contributed by atoms with Gasteiger partial charge in [0.15, 0.2) is 0 Å². The number of benzene rings is 8. The highest BCUT2D eigenvalue weighted by molar-refractivity contribution is 7.80. The summed E-state index contributed by atoms with van der Waals surface area (Å²) in [6.07, 6.45) is 0. The molecule has 57 heavy (non-hydrogen) atoms. The van der Waals surface area contributed by atoms with Gasteiger partial charge in [0, 0.05) is 22.6 Å². The number of aromatic nitrogens is 1. The minimum Gasteiger partial charge on any atom is -0.311 e. The SMILES string of the molecule is c1ccc(-c2cc(-c3ccccc3)nc(C3(c4ccc(N(c5ccccc5)c5ccccc5)cc4)c4ccccc4P(c4ccccc4)c4ccccc43)c2)cc1. The van der Waals surface area contributed by atoms with Crippen LogP contribution in [-0.4, -0.2) is 4.98 Å². The quantitative estimate of drug-likeness (QED) is 0.144. The van der Waals surface area contributed by atoms with Gasteiger partial charge in [-0.2, -0.15) is 0 Å². The first kappa shape index (κ1) is 34.6. The van der Waals surface area contributed by atoms with E-state index in [-0.39, 0.29) is 0 Å². The maximum absolute atomic E-state index is 5.75. The van der Waals surface area contributed by atoms with Crippen LogP contribution in [-0.2, 0) is 5.41 Å². The third kappa shape index (κ3) is 6.16. The average molecular weight is 747 g/mol. The van der Waals surface area contributed by atoms with Crippen molar-refractivity contribution in [3.63, 3.8) is 0 Å². The second-order valence-electron chi connectivity index (χ2n) is 14.4. The number of anilines is 3. The lowest BCUT2D eigenvalue weighted by Gasteiger charge is -2.44. The maximum Gasteiger partial charge on any atom is 0.0887 e. The molecule has 0 saturated carbocycles. The summed E-state index contributed by atoms with van der Waals surface area (Å²) in [7, 11) is -0.854. The van der Waals surface area contributed by atoms with Crippen molar-refractivity contribution in [1.29, 1.82) is 0 Å². The molecule has 0 fully saturated rings. The molecule has 0 saturated heterocycles. The normalized spacial score (nSPS) is 15.6. The van der Waals surface area contributed by atoms with E-state index in [1.807, 2.05) is 0 Å². The smallest absolute Gasteiger partial charge is 0.0887 e. The van der Waals surface area contributed by atoms with Gasteiger partial charge >= 0.3 is 0 Å². The fraction of sp³-hybridized carbons (Fsp3) is 0.0185. The van der Waals surface area contributed by atoms with Gasteiger partial charge in [0.25, 0.3) is 0 Å². The van der Waals surface area contributed by atoms with E-state index in [1.54, 1.807) is 0 Å². The van der Waals surface area contributed by atoms with Crippen LogP contribution >= 0.6 is 7.92 Å². The molecule has 0 aliphatic carbocycles. The summed E-state index contributed by atoms with van der Waals surface area (Å²) in [5.74, 6) is 0. The number of para-hydroxylation sites is 2. The van der Waals surface area contributed by atoms with Gasteiger partial charge in [0.2, 0.25) is 0 Å². The Morgan fingerprint density at radius 1 is 0.368 bits per heavy atom. The number of nitrogens with zero attached hydrogens (tertiary/aromatic N) is 2. The first-order valence-corrected chi connectivity index (χ1v) is 20.8. The van der Waals surface area contributed by atoms with Crippen LogP contribution in [0.2, 0.25) is 0 Å². The predicted octanol–water partition coefficient (Wildman–Crippen LogP) is 12.3. The van der Waals surface area contributed by atoms with Gasteiger partial charge in [-0.1, -0.05) is 188 Å². The molecule has 1 aliphatic heterocycles. The van der Waals surface area contributed by atoms with Gasteiger partial charge in [-0.05, 0) is 100 Å². The fourth-order valence-corrected chi connectivity index (χ4v) is 11.3. The van der Waals surface area contributed by atoms with Crippen LogP contribution in [0.3, 0.4) is 0 Å². The standard InChI is InChI=1S/C54H39N2P/c1-6-20-40(21-7-1)42-38-50(41-22-8-2-9-23-41)55-53(39-42)54(43-34-36-46(37-35-43)56(44-24-10-3-11-25-44)45-26-12-4-13-27-45)48-30-16-18-32-51(48)57(47-28-14-5-15-29-47)52-33-19-17-31-49(52)54/h1-39H. The molecule has 0 radical (unpaired) electrons. The van der Waals surface area contributed by atoms with Gasteiger partial charge in [-0.3, -0.25) is 4.98 Å². The highest BCUT2D eigenvalue weighted by Crippen LogP contribution is 2.53. The third-order valence-corrected chi connectivity index (χ3v) is 13.6. The molecule has 1 aliphatic rings. The largest absolute Gasteiger partial charge is 0.311 e. The molecule has 8 aromatic carbocycles. The lowest BCUT2D eigenvalue weighted by atomic mass is 9.66. The van der Waals surface area contributed by atoms with Crippen molar-refractivity contribution in [1.82, 2.24) is 4.98 Å². The zero-order chi connectivity index (χ0) is 38.0. The van der Waals surface area contributed by atoms with Crippen molar-refractivity contribution < 1.29 is 0 Å². The van der Waals surface area contributed by atoms with Crippen molar-refractivity contribution >= 4 is 40.9 Å². The van der Waals surface area contributed by atoms with Gasteiger partial charge in [0.05, 0.1) is 16.8 Å². The van der Waals surface area contributed by atoms with Crippen molar-refractivity contribution in [2.45, 2.75) is 5.41 Å². The van der Waals surface area contributed by atoms with Crippen molar-refractivity contribution in [2.24, 2.45) is 0 Å². The molecule has 0 atom stereocenters. The number of rotatable bonds is 8. The van der Waals surface area contributed by atoms with E-state index in [9.17, 15) is 0 Å². The first-order valence-electron chi connectivity index (χ1n) is 19.5. The summed E-state index contributed by atoms with van der Waals surface area (Å²) >= 11 is 0. The Hall–Kier alpha value is -6.86. The summed E-state index contributed by atoms with van der Waals surface area (Å²) in [6.45, 7) is 0. The van der Waals surface area contributed by atoms with Gasteiger partial charge in [0.1, 0.15) is 0 Å². The van der Waals surface area contributed by atoms with E-state index < -0.39 is 13.3 Å². The molecular weight excluding hydrogens is 708 g/mol. The summed E-state index contributed by atoms with van der Waals surface area (Å²) in [4.78, 5) is 8.08. The molecule has 0 amide bonds. The van der Waals surface area contributed by atoms with Crippen molar-refractivity contribution in [2.75, 3.05) is 4.90 Å². The molecule has 10 rings (SSSR count). The van der Waals surface area contributed by atoms with Crippen molar-refractivity contribution in [3.05, 3.63) is 259 Å². The Labute approximate surface area is 336 Å². The van der Waals surface area contributed by atoms with Crippen LogP contribution in [0.25, 0.3) is 22.4 Å². The zero-order valence-electron chi connectivity index (χ0n) is 31.4. The first-order chi connectivity index (χ1) is 28.3. The Kier molecular flexibility index (Phi) is 9.11.